The SMILES string of the molecule is CC(=O)c1n[nH]c2cc(Cl)c(F)cc2c1=O. The van der Waals surface area contributed by atoms with E-state index in [1.807, 2.05) is 0 Å². The van der Waals surface area contributed by atoms with Gasteiger partial charge in [-0.05, 0) is 12.1 Å². The highest BCUT2D eigenvalue weighted by atomic mass is 35.5. The van der Waals surface area contributed by atoms with E-state index < -0.39 is 17.0 Å². The summed E-state index contributed by atoms with van der Waals surface area (Å²) in [5, 5.41) is 6.04. The quantitative estimate of drug-likeness (QED) is 0.775. The molecule has 0 aliphatic carbocycles. The van der Waals surface area contributed by atoms with Crippen LogP contribution < -0.4 is 5.43 Å². The number of Topliss-reactive ketones (excluding diaryl/α,β-unsaturated/α-hetero) is 1. The van der Waals surface area contributed by atoms with E-state index in [1.165, 1.54) is 13.0 Å². The zero-order valence-corrected chi connectivity index (χ0v) is 8.93. The first-order valence-corrected chi connectivity index (χ1v) is 4.77. The second-order valence-electron chi connectivity index (χ2n) is 3.27. The maximum atomic E-state index is 13.2. The van der Waals surface area contributed by atoms with E-state index in [0.717, 1.165) is 6.07 Å². The number of aromatic nitrogens is 2. The summed E-state index contributed by atoms with van der Waals surface area (Å²) >= 11 is 5.55. The number of hydrogen-bond acceptors (Lipinski definition) is 3. The van der Waals surface area contributed by atoms with Gasteiger partial charge in [-0.25, -0.2) is 4.39 Å². The lowest BCUT2D eigenvalue weighted by Crippen LogP contribution is -2.17. The predicted molar refractivity (Wildman–Crippen MR) is 57.3 cm³/mol. The van der Waals surface area contributed by atoms with Crippen molar-refractivity contribution in [2.24, 2.45) is 0 Å². The lowest BCUT2D eigenvalue weighted by Gasteiger charge is -2.00. The van der Waals surface area contributed by atoms with Crippen LogP contribution in [0.1, 0.15) is 17.4 Å². The number of halogens is 2. The largest absolute Gasteiger partial charge is 0.293 e. The number of nitrogens with zero attached hydrogens (tertiary/aromatic N) is 1. The molecule has 0 saturated carbocycles. The summed E-state index contributed by atoms with van der Waals surface area (Å²) in [6.07, 6.45) is 0. The molecule has 0 fully saturated rings. The number of ketones is 1. The molecule has 0 spiro atoms. The lowest BCUT2D eigenvalue weighted by atomic mass is 10.1. The van der Waals surface area contributed by atoms with Crippen LogP contribution in [0.5, 0.6) is 0 Å². The Labute approximate surface area is 94.0 Å². The second-order valence-corrected chi connectivity index (χ2v) is 3.68. The highest BCUT2D eigenvalue weighted by Crippen LogP contribution is 2.19. The van der Waals surface area contributed by atoms with Gasteiger partial charge in [0.25, 0.3) is 0 Å². The maximum Gasteiger partial charge on any atom is 0.219 e. The zero-order chi connectivity index (χ0) is 11.9. The molecule has 0 amide bonds. The third-order valence-electron chi connectivity index (χ3n) is 2.14. The molecule has 1 aromatic heterocycles. The first kappa shape index (κ1) is 10.8. The van der Waals surface area contributed by atoms with Gasteiger partial charge in [-0.15, -0.1) is 0 Å². The fourth-order valence-corrected chi connectivity index (χ4v) is 1.52. The van der Waals surface area contributed by atoms with Gasteiger partial charge < -0.3 is 0 Å². The minimum Gasteiger partial charge on any atom is -0.293 e. The van der Waals surface area contributed by atoms with Gasteiger partial charge in [0.1, 0.15) is 5.82 Å². The number of fused-ring (bicyclic) bond motifs is 1. The Bertz CT molecular complexity index is 651. The topological polar surface area (TPSA) is 62.8 Å². The molecule has 0 aliphatic heterocycles. The molecule has 2 rings (SSSR count). The van der Waals surface area contributed by atoms with Crippen molar-refractivity contribution in [2.45, 2.75) is 6.92 Å². The van der Waals surface area contributed by atoms with Crippen molar-refractivity contribution in [2.75, 3.05) is 0 Å². The average molecular weight is 241 g/mol. The fraction of sp³-hybridized carbons (Fsp3) is 0.100. The lowest BCUT2D eigenvalue weighted by molar-refractivity contribution is 0.101. The van der Waals surface area contributed by atoms with Crippen molar-refractivity contribution in [3.8, 4) is 0 Å². The van der Waals surface area contributed by atoms with Gasteiger partial charge in [-0.3, -0.25) is 14.7 Å². The van der Waals surface area contributed by atoms with Gasteiger partial charge in [0.15, 0.2) is 11.5 Å². The predicted octanol–water partition coefficient (Wildman–Crippen LogP) is 1.92. The molecule has 82 valence electrons. The molecule has 2 aromatic rings. The van der Waals surface area contributed by atoms with Crippen LogP contribution in [0, 0.1) is 5.82 Å². The van der Waals surface area contributed by atoms with Gasteiger partial charge in [0.2, 0.25) is 5.43 Å². The molecule has 0 atom stereocenters. The standard InChI is InChI=1S/C10H6ClFN2O2/c1-4(15)9-10(16)5-2-7(12)6(11)3-8(5)13-14-9/h2-3H,1H3,(H,13,16). The molecule has 0 unspecified atom stereocenters. The third kappa shape index (κ3) is 1.59. The molecule has 4 nitrogen and oxygen atoms in total. The maximum absolute atomic E-state index is 13.2. The minimum absolute atomic E-state index is 0.0575. The van der Waals surface area contributed by atoms with E-state index in [0.29, 0.717) is 5.52 Å². The highest BCUT2D eigenvalue weighted by molar-refractivity contribution is 6.31. The van der Waals surface area contributed by atoms with E-state index in [9.17, 15) is 14.0 Å². The van der Waals surface area contributed by atoms with E-state index in [1.54, 1.807) is 0 Å². The van der Waals surface area contributed by atoms with Crippen LogP contribution in [0.4, 0.5) is 4.39 Å². The number of aromatic amines is 1. The second kappa shape index (κ2) is 3.68. The summed E-state index contributed by atoms with van der Waals surface area (Å²) in [6, 6.07) is 2.25. The Morgan fingerprint density at radius 1 is 1.50 bits per heavy atom. The van der Waals surface area contributed by atoms with Crippen LogP contribution in [-0.2, 0) is 0 Å². The normalized spacial score (nSPS) is 10.7. The number of carbonyl (C=O) groups excluding carboxylic acids is 1. The summed E-state index contributed by atoms with van der Waals surface area (Å²) in [5.74, 6) is -1.18. The van der Waals surface area contributed by atoms with E-state index in [2.05, 4.69) is 10.2 Å². The molecule has 0 saturated heterocycles. The Morgan fingerprint density at radius 3 is 2.81 bits per heavy atom. The Hall–Kier alpha value is -1.75. The number of rotatable bonds is 1. The van der Waals surface area contributed by atoms with Crippen LogP contribution in [0.2, 0.25) is 5.02 Å². The van der Waals surface area contributed by atoms with Gasteiger partial charge >= 0.3 is 0 Å². The van der Waals surface area contributed by atoms with Crippen LogP contribution >= 0.6 is 11.6 Å². The van der Waals surface area contributed by atoms with Gasteiger partial charge in [-0.2, -0.15) is 5.10 Å². The van der Waals surface area contributed by atoms with Crippen molar-refractivity contribution >= 4 is 28.3 Å². The number of H-pyrrole nitrogens is 1. The molecule has 0 aliphatic rings. The van der Waals surface area contributed by atoms with Gasteiger partial charge in [0, 0.05) is 6.92 Å². The van der Waals surface area contributed by atoms with E-state index in [-0.39, 0.29) is 16.1 Å². The first-order chi connectivity index (χ1) is 7.50. The van der Waals surface area contributed by atoms with Crippen molar-refractivity contribution < 1.29 is 9.18 Å². The van der Waals surface area contributed by atoms with Gasteiger partial charge in [0.05, 0.1) is 15.9 Å². The molecule has 0 bridgehead atoms. The summed E-state index contributed by atoms with van der Waals surface area (Å²) in [7, 11) is 0. The number of benzene rings is 1. The number of nitrogens with one attached hydrogen (secondary N) is 1. The van der Waals surface area contributed by atoms with Crippen molar-refractivity contribution in [3.05, 3.63) is 38.9 Å². The van der Waals surface area contributed by atoms with Crippen LogP contribution in [-0.4, -0.2) is 16.0 Å². The zero-order valence-electron chi connectivity index (χ0n) is 8.17. The summed E-state index contributed by atoms with van der Waals surface area (Å²) in [6.45, 7) is 1.22. The fourth-order valence-electron chi connectivity index (χ4n) is 1.36. The average Bonchev–Trinajstić information content (AvgIpc) is 2.21. The molecule has 6 heteroatoms. The number of hydrogen-bond donors (Lipinski definition) is 1. The summed E-state index contributed by atoms with van der Waals surface area (Å²) in [4.78, 5) is 22.8. The molecular formula is C10H6ClFN2O2. The smallest absolute Gasteiger partial charge is 0.219 e. The first-order valence-electron chi connectivity index (χ1n) is 4.39. The van der Waals surface area contributed by atoms with E-state index >= 15 is 0 Å². The Morgan fingerprint density at radius 2 is 2.19 bits per heavy atom. The summed E-state index contributed by atoms with van der Waals surface area (Å²) in [5.41, 5.74) is -0.549. The Balaban J connectivity index is 2.90. The molecule has 1 aromatic carbocycles. The summed E-state index contributed by atoms with van der Waals surface area (Å²) < 4.78 is 13.2. The van der Waals surface area contributed by atoms with Crippen LogP contribution in [0.15, 0.2) is 16.9 Å². The minimum atomic E-state index is -0.708. The Kier molecular flexibility index (Phi) is 2.47. The molecule has 1 heterocycles. The number of carbonyl (C=O) groups is 1. The third-order valence-corrected chi connectivity index (χ3v) is 2.43. The van der Waals surface area contributed by atoms with Crippen molar-refractivity contribution in [1.29, 1.82) is 0 Å². The van der Waals surface area contributed by atoms with E-state index in [4.69, 9.17) is 11.6 Å². The van der Waals surface area contributed by atoms with Gasteiger partial charge in [-0.1, -0.05) is 11.6 Å². The molecular weight excluding hydrogens is 235 g/mol. The van der Waals surface area contributed by atoms with Crippen LogP contribution in [0.3, 0.4) is 0 Å². The molecule has 0 radical (unpaired) electrons. The highest BCUT2D eigenvalue weighted by Gasteiger charge is 2.12. The molecule has 16 heavy (non-hydrogen) atoms. The monoisotopic (exact) mass is 240 g/mol. The molecule has 1 N–H and O–H groups in total. The van der Waals surface area contributed by atoms with Crippen molar-refractivity contribution in [3.63, 3.8) is 0 Å². The van der Waals surface area contributed by atoms with Crippen LogP contribution in [0.25, 0.3) is 10.9 Å². The van der Waals surface area contributed by atoms with Crippen molar-refractivity contribution in [1.82, 2.24) is 10.2 Å².